The summed E-state index contributed by atoms with van der Waals surface area (Å²) in [5.74, 6) is 0.833. The van der Waals surface area contributed by atoms with Gasteiger partial charge >= 0.3 is 5.97 Å². The lowest BCUT2D eigenvalue weighted by Gasteiger charge is -2.50. The quantitative estimate of drug-likeness (QED) is 0.674. The molecule has 2 aromatic rings. The molecule has 0 aromatic heterocycles. The van der Waals surface area contributed by atoms with E-state index in [1.54, 1.807) is 12.1 Å². The van der Waals surface area contributed by atoms with Crippen molar-refractivity contribution in [1.29, 1.82) is 0 Å². The molecule has 1 N–H and O–H groups in total. The molecule has 0 unspecified atom stereocenters. The van der Waals surface area contributed by atoms with E-state index in [0.29, 0.717) is 17.6 Å². The van der Waals surface area contributed by atoms with Gasteiger partial charge in [0.05, 0.1) is 17.8 Å². The van der Waals surface area contributed by atoms with Gasteiger partial charge in [0, 0.05) is 17.4 Å². The molecule has 0 bridgehead atoms. The predicted octanol–water partition coefficient (Wildman–Crippen LogP) is 6.00. The Morgan fingerprint density at radius 2 is 1.87 bits per heavy atom. The normalized spacial score (nSPS) is 27.1. The van der Waals surface area contributed by atoms with Crippen molar-refractivity contribution in [2.24, 2.45) is 11.8 Å². The van der Waals surface area contributed by atoms with Crippen molar-refractivity contribution in [3.8, 4) is 5.75 Å². The number of aromatic carboxylic acids is 1. The largest absolute Gasteiger partial charge is 0.487 e. The van der Waals surface area contributed by atoms with E-state index in [1.165, 1.54) is 11.1 Å². The molecule has 0 aliphatic carbocycles. The fraction of sp³-hybridized carbons (Fsp3) is 0.500. The van der Waals surface area contributed by atoms with E-state index < -0.39 is 11.6 Å². The number of hydrogen-bond acceptors (Lipinski definition) is 3. The molecule has 4 nitrogen and oxygen atoms in total. The van der Waals surface area contributed by atoms with Gasteiger partial charge < -0.3 is 14.6 Å². The van der Waals surface area contributed by atoms with Crippen molar-refractivity contribution in [2.45, 2.75) is 71.2 Å². The molecule has 0 saturated carbocycles. The molecule has 4 rings (SSSR count). The van der Waals surface area contributed by atoms with Gasteiger partial charge in [-0.1, -0.05) is 44.2 Å². The number of fused-ring (bicyclic) bond motifs is 3. The summed E-state index contributed by atoms with van der Waals surface area (Å²) < 4.78 is 12.9. The number of hydrogen-bond donors (Lipinski definition) is 1. The summed E-state index contributed by atoms with van der Waals surface area (Å²) in [6, 6.07) is 14.1. The van der Waals surface area contributed by atoms with Crippen LogP contribution in [-0.2, 0) is 11.2 Å². The fourth-order valence-electron chi connectivity index (χ4n) is 5.08. The summed E-state index contributed by atoms with van der Waals surface area (Å²) in [4.78, 5) is 11.4. The van der Waals surface area contributed by atoms with Gasteiger partial charge in [-0.25, -0.2) is 4.79 Å². The van der Waals surface area contributed by atoms with Gasteiger partial charge in [-0.3, -0.25) is 0 Å². The zero-order chi connectivity index (χ0) is 21.6. The van der Waals surface area contributed by atoms with Crippen molar-refractivity contribution in [2.75, 3.05) is 0 Å². The molecule has 2 heterocycles. The summed E-state index contributed by atoms with van der Waals surface area (Å²) in [7, 11) is 0. The lowest BCUT2D eigenvalue weighted by molar-refractivity contribution is -0.153. The standard InChI is InChI=1S/C26H32O4/c1-15(2)12-17-6-8-18(9-7-17)21-14-22-24(29-16(21)3)20-11-10-19(25(27)28)13-23(20)30-26(22,4)5/h6-11,13,15-16,21-22,24H,12,14H2,1-5H3,(H,27,28)/t16-,21-,22-,24+/m0/s1. The summed E-state index contributed by atoms with van der Waals surface area (Å²) >= 11 is 0. The number of ether oxygens (including phenoxy) is 2. The third-order valence-corrected chi connectivity index (χ3v) is 6.69. The molecule has 160 valence electrons. The van der Waals surface area contributed by atoms with Crippen molar-refractivity contribution in [1.82, 2.24) is 0 Å². The van der Waals surface area contributed by atoms with Crippen LogP contribution in [0.3, 0.4) is 0 Å². The van der Waals surface area contributed by atoms with E-state index in [4.69, 9.17) is 9.47 Å². The summed E-state index contributed by atoms with van der Waals surface area (Å²) in [5, 5.41) is 9.33. The Balaban J connectivity index is 1.62. The van der Waals surface area contributed by atoms with Crippen LogP contribution in [0.4, 0.5) is 0 Å². The molecule has 1 saturated heterocycles. The van der Waals surface area contributed by atoms with Crippen molar-refractivity contribution in [3.63, 3.8) is 0 Å². The van der Waals surface area contributed by atoms with Crippen LogP contribution < -0.4 is 4.74 Å². The summed E-state index contributed by atoms with van der Waals surface area (Å²) in [6.07, 6.45) is 2.06. The number of carbonyl (C=O) groups is 1. The minimum absolute atomic E-state index is 0.0723. The SMILES string of the molecule is CC(C)Cc1ccc([C@H]2C[C@H]3[C@H](O[C@H]2C)c2ccc(C(=O)O)cc2OC3(C)C)cc1. The van der Waals surface area contributed by atoms with Gasteiger partial charge in [0.1, 0.15) is 11.4 Å². The van der Waals surface area contributed by atoms with Crippen LogP contribution in [0.15, 0.2) is 42.5 Å². The van der Waals surface area contributed by atoms with Crippen molar-refractivity contribution >= 4 is 5.97 Å². The Morgan fingerprint density at radius 1 is 1.17 bits per heavy atom. The fourth-order valence-corrected chi connectivity index (χ4v) is 5.08. The van der Waals surface area contributed by atoms with Gasteiger partial charge in [0.2, 0.25) is 0 Å². The van der Waals surface area contributed by atoms with Gasteiger partial charge in [0.25, 0.3) is 0 Å². The first kappa shape index (κ1) is 20.9. The smallest absolute Gasteiger partial charge is 0.335 e. The van der Waals surface area contributed by atoms with Crippen molar-refractivity contribution < 1.29 is 19.4 Å². The highest BCUT2D eigenvalue weighted by molar-refractivity contribution is 5.88. The molecule has 2 aliphatic rings. The van der Waals surface area contributed by atoms with Crippen LogP contribution in [0.25, 0.3) is 0 Å². The molecule has 2 aromatic carbocycles. The second-order valence-electron chi connectivity index (χ2n) is 9.81. The second-order valence-corrected chi connectivity index (χ2v) is 9.81. The highest BCUT2D eigenvalue weighted by atomic mass is 16.5. The highest BCUT2D eigenvalue weighted by Gasteiger charge is 2.49. The number of carboxylic acid groups (broad SMARTS) is 1. The maximum Gasteiger partial charge on any atom is 0.335 e. The molecular formula is C26H32O4. The van der Waals surface area contributed by atoms with E-state index in [2.05, 4.69) is 58.9 Å². The molecular weight excluding hydrogens is 376 g/mol. The maximum absolute atomic E-state index is 11.4. The number of rotatable bonds is 4. The Kier molecular flexibility index (Phi) is 5.39. The minimum atomic E-state index is -0.944. The third-order valence-electron chi connectivity index (χ3n) is 6.69. The van der Waals surface area contributed by atoms with Crippen molar-refractivity contribution in [3.05, 3.63) is 64.7 Å². The first-order valence-corrected chi connectivity index (χ1v) is 11.0. The third kappa shape index (κ3) is 3.85. The van der Waals surface area contributed by atoms with Gasteiger partial charge in [-0.05, 0) is 62.8 Å². The van der Waals surface area contributed by atoms with E-state index in [9.17, 15) is 9.90 Å². The molecule has 1 fully saturated rings. The van der Waals surface area contributed by atoms with Crippen LogP contribution >= 0.6 is 0 Å². The van der Waals surface area contributed by atoms with Crippen LogP contribution in [0.1, 0.15) is 80.1 Å². The van der Waals surface area contributed by atoms with Gasteiger partial charge in [-0.2, -0.15) is 0 Å². The highest BCUT2D eigenvalue weighted by Crippen LogP contribution is 2.53. The van der Waals surface area contributed by atoms with Crippen LogP contribution in [0, 0.1) is 11.8 Å². The van der Waals surface area contributed by atoms with Crippen LogP contribution in [0.2, 0.25) is 0 Å². The summed E-state index contributed by atoms with van der Waals surface area (Å²) in [6.45, 7) is 10.8. The molecule has 30 heavy (non-hydrogen) atoms. The molecule has 2 aliphatic heterocycles. The Hall–Kier alpha value is -2.33. The molecule has 0 spiro atoms. The van der Waals surface area contributed by atoms with Crippen LogP contribution in [-0.4, -0.2) is 22.8 Å². The zero-order valence-electron chi connectivity index (χ0n) is 18.5. The molecule has 0 radical (unpaired) electrons. The van der Waals surface area contributed by atoms with E-state index in [-0.39, 0.29) is 23.7 Å². The average Bonchev–Trinajstić information content (AvgIpc) is 2.67. The van der Waals surface area contributed by atoms with E-state index in [1.807, 2.05) is 6.07 Å². The Labute approximate surface area is 179 Å². The Morgan fingerprint density at radius 3 is 2.50 bits per heavy atom. The zero-order valence-corrected chi connectivity index (χ0v) is 18.5. The van der Waals surface area contributed by atoms with E-state index in [0.717, 1.165) is 18.4 Å². The lowest BCUT2D eigenvalue weighted by atomic mass is 9.70. The average molecular weight is 409 g/mol. The summed E-state index contributed by atoms with van der Waals surface area (Å²) in [5.41, 5.74) is 3.45. The monoisotopic (exact) mass is 408 g/mol. The minimum Gasteiger partial charge on any atom is -0.487 e. The molecule has 4 heteroatoms. The molecule has 0 amide bonds. The van der Waals surface area contributed by atoms with E-state index >= 15 is 0 Å². The lowest BCUT2D eigenvalue weighted by Crippen LogP contribution is -2.50. The number of benzene rings is 2. The van der Waals surface area contributed by atoms with Crippen LogP contribution in [0.5, 0.6) is 5.75 Å². The maximum atomic E-state index is 11.4. The second kappa shape index (κ2) is 7.73. The topological polar surface area (TPSA) is 55.8 Å². The number of carboxylic acids is 1. The first-order chi connectivity index (χ1) is 14.2. The first-order valence-electron chi connectivity index (χ1n) is 11.0. The molecule has 4 atom stereocenters. The predicted molar refractivity (Wildman–Crippen MR) is 117 cm³/mol. The Bertz CT molecular complexity index is 929. The van der Waals surface area contributed by atoms with Gasteiger partial charge in [0.15, 0.2) is 0 Å². The van der Waals surface area contributed by atoms with Gasteiger partial charge in [-0.15, -0.1) is 0 Å².